The van der Waals surface area contributed by atoms with E-state index in [0.29, 0.717) is 5.56 Å². The first-order valence-electron chi connectivity index (χ1n) is 5.83. The molecule has 0 radical (unpaired) electrons. The Balaban J connectivity index is 2.26. The summed E-state index contributed by atoms with van der Waals surface area (Å²) in [5.41, 5.74) is 2.73. The van der Waals surface area contributed by atoms with E-state index in [0.717, 1.165) is 18.1 Å². The molecule has 0 atom stereocenters. The number of rotatable bonds is 3. The highest BCUT2D eigenvalue weighted by atomic mass is 15.2. The van der Waals surface area contributed by atoms with Crippen LogP contribution in [0, 0.1) is 18.3 Å². The maximum absolute atomic E-state index is 9.11. The normalized spacial score (nSPS) is 9.83. The SMILES string of the molecule is Cc1ccc(C#N)c(N(C)Cc2ccccc2)n1. The number of hydrogen-bond donors (Lipinski definition) is 0. The van der Waals surface area contributed by atoms with Gasteiger partial charge in [-0.25, -0.2) is 4.98 Å². The van der Waals surface area contributed by atoms with Crippen LogP contribution in [0.2, 0.25) is 0 Å². The molecule has 1 heterocycles. The lowest BCUT2D eigenvalue weighted by Crippen LogP contribution is -2.19. The van der Waals surface area contributed by atoms with E-state index in [1.165, 1.54) is 5.56 Å². The van der Waals surface area contributed by atoms with Crippen LogP contribution in [-0.4, -0.2) is 12.0 Å². The van der Waals surface area contributed by atoms with E-state index in [4.69, 9.17) is 5.26 Å². The first kappa shape index (κ1) is 12.1. The summed E-state index contributed by atoms with van der Waals surface area (Å²) in [7, 11) is 1.95. The van der Waals surface area contributed by atoms with Crippen molar-refractivity contribution in [3.05, 3.63) is 59.3 Å². The van der Waals surface area contributed by atoms with Crippen molar-refractivity contribution < 1.29 is 0 Å². The first-order chi connectivity index (χ1) is 8.70. The molecule has 0 saturated heterocycles. The van der Waals surface area contributed by atoms with Gasteiger partial charge >= 0.3 is 0 Å². The molecule has 0 bridgehead atoms. The Labute approximate surface area is 107 Å². The third kappa shape index (κ3) is 2.67. The summed E-state index contributed by atoms with van der Waals surface area (Å²) in [6.45, 7) is 2.67. The Bertz CT molecular complexity index is 570. The fourth-order valence-corrected chi connectivity index (χ4v) is 1.85. The van der Waals surface area contributed by atoms with Crippen LogP contribution in [0.25, 0.3) is 0 Å². The molecule has 0 unspecified atom stereocenters. The molecular formula is C15H15N3. The number of nitrogens with zero attached hydrogens (tertiary/aromatic N) is 3. The minimum atomic E-state index is 0.610. The van der Waals surface area contributed by atoms with E-state index >= 15 is 0 Å². The minimum Gasteiger partial charge on any atom is -0.354 e. The smallest absolute Gasteiger partial charge is 0.146 e. The second-order valence-electron chi connectivity index (χ2n) is 4.28. The van der Waals surface area contributed by atoms with E-state index < -0.39 is 0 Å². The molecule has 0 N–H and O–H groups in total. The summed E-state index contributed by atoms with van der Waals surface area (Å²) in [5.74, 6) is 0.737. The summed E-state index contributed by atoms with van der Waals surface area (Å²) in [6, 6.07) is 16.0. The van der Waals surface area contributed by atoms with Crippen molar-refractivity contribution in [2.75, 3.05) is 11.9 Å². The number of aromatic nitrogens is 1. The number of nitriles is 1. The molecule has 0 amide bonds. The monoisotopic (exact) mass is 237 g/mol. The predicted octanol–water partition coefficient (Wildman–Crippen LogP) is 2.90. The molecule has 2 rings (SSSR count). The van der Waals surface area contributed by atoms with Crippen molar-refractivity contribution in [1.82, 2.24) is 4.98 Å². The quantitative estimate of drug-likeness (QED) is 0.824. The first-order valence-corrected chi connectivity index (χ1v) is 5.83. The van der Waals surface area contributed by atoms with Crippen molar-refractivity contribution in [2.45, 2.75) is 13.5 Å². The van der Waals surface area contributed by atoms with Gasteiger partial charge < -0.3 is 4.90 Å². The summed E-state index contributed by atoms with van der Waals surface area (Å²) in [5, 5.41) is 9.11. The molecule has 1 aromatic heterocycles. The lowest BCUT2D eigenvalue weighted by molar-refractivity contribution is 0.889. The standard InChI is InChI=1S/C15H15N3/c1-12-8-9-14(10-16)15(17-12)18(2)11-13-6-4-3-5-7-13/h3-9H,11H2,1-2H3. The topological polar surface area (TPSA) is 39.9 Å². The predicted molar refractivity (Wildman–Crippen MR) is 72.2 cm³/mol. The van der Waals surface area contributed by atoms with Gasteiger partial charge in [0.1, 0.15) is 11.9 Å². The van der Waals surface area contributed by atoms with Crippen molar-refractivity contribution in [3.63, 3.8) is 0 Å². The van der Waals surface area contributed by atoms with Gasteiger partial charge in [0.05, 0.1) is 5.56 Å². The maximum Gasteiger partial charge on any atom is 0.146 e. The maximum atomic E-state index is 9.11. The van der Waals surface area contributed by atoms with Crippen LogP contribution in [0.4, 0.5) is 5.82 Å². The van der Waals surface area contributed by atoms with Crippen molar-refractivity contribution >= 4 is 5.82 Å². The van der Waals surface area contributed by atoms with Crippen LogP contribution in [-0.2, 0) is 6.54 Å². The molecule has 3 nitrogen and oxygen atoms in total. The third-order valence-electron chi connectivity index (χ3n) is 2.76. The Hall–Kier alpha value is -2.34. The molecule has 3 heteroatoms. The summed E-state index contributed by atoms with van der Waals surface area (Å²) < 4.78 is 0. The van der Waals surface area contributed by atoms with E-state index in [9.17, 15) is 0 Å². The molecule has 2 aromatic rings. The highest BCUT2D eigenvalue weighted by Gasteiger charge is 2.09. The van der Waals surface area contributed by atoms with Crippen LogP contribution in [0.15, 0.2) is 42.5 Å². The summed E-state index contributed by atoms with van der Waals surface area (Å²) in [4.78, 5) is 6.44. The Morgan fingerprint density at radius 2 is 1.89 bits per heavy atom. The molecule has 18 heavy (non-hydrogen) atoms. The number of aryl methyl sites for hydroxylation is 1. The van der Waals surface area contributed by atoms with Gasteiger partial charge in [-0.2, -0.15) is 5.26 Å². The summed E-state index contributed by atoms with van der Waals surface area (Å²) >= 11 is 0. The number of benzene rings is 1. The van der Waals surface area contributed by atoms with Crippen LogP contribution in [0.1, 0.15) is 16.8 Å². The molecule has 0 spiro atoms. The zero-order chi connectivity index (χ0) is 13.0. The Kier molecular flexibility index (Phi) is 3.59. The molecule has 1 aromatic carbocycles. The Morgan fingerprint density at radius 3 is 2.56 bits per heavy atom. The van der Waals surface area contributed by atoms with Gasteiger partial charge in [0, 0.05) is 19.3 Å². The third-order valence-corrected chi connectivity index (χ3v) is 2.76. The van der Waals surface area contributed by atoms with E-state index in [-0.39, 0.29) is 0 Å². The molecule has 0 saturated carbocycles. The van der Waals surface area contributed by atoms with Gasteiger partial charge in [-0.05, 0) is 24.6 Å². The number of pyridine rings is 1. The van der Waals surface area contributed by atoms with Gasteiger partial charge in [0.15, 0.2) is 0 Å². The molecule has 0 aliphatic heterocycles. The summed E-state index contributed by atoms with van der Waals surface area (Å²) in [6.07, 6.45) is 0. The molecular weight excluding hydrogens is 222 g/mol. The van der Waals surface area contributed by atoms with E-state index in [1.807, 2.05) is 49.2 Å². The molecule has 0 aliphatic carbocycles. The fraction of sp³-hybridized carbons (Fsp3) is 0.200. The minimum absolute atomic E-state index is 0.610. The zero-order valence-corrected chi connectivity index (χ0v) is 10.6. The van der Waals surface area contributed by atoms with E-state index in [2.05, 4.69) is 23.2 Å². The molecule has 0 aliphatic rings. The van der Waals surface area contributed by atoms with Gasteiger partial charge in [-0.1, -0.05) is 30.3 Å². The lowest BCUT2D eigenvalue weighted by Gasteiger charge is -2.19. The van der Waals surface area contributed by atoms with Gasteiger partial charge in [-0.3, -0.25) is 0 Å². The van der Waals surface area contributed by atoms with Crippen LogP contribution in [0.3, 0.4) is 0 Å². The lowest BCUT2D eigenvalue weighted by atomic mass is 10.2. The van der Waals surface area contributed by atoms with Gasteiger partial charge in [0.2, 0.25) is 0 Å². The highest BCUT2D eigenvalue weighted by Crippen LogP contribution is 2.18. The van der Waals surface area contributed by atoms with Gasteiger partial charge in [-0.15, -0.1) is 0 Å². The van der Waals surface area contributed by atoms with Crippen molar-refractivity contribution in [1.29, 1.82) is 5.26 Å². The van der Waals surface area contributed by atoms with Crippen LogP contribution < -0.4 is 4.90 Å². The molecule has 90 valence electrons. The van der Waals surface area contributed by atoms with Crippen LogP contribution in [0.5, 0.6) is 0 Å². The fourth-order valence-electron chi connectivity index (χ4n) is 1.85. The van der Waals surface area contributed by atoms with E-state index in [1.54, 1.807) is 0 Å². The zero-order valence-electron chi connectivity index (χ0n) is 10.6. The van der Waals surface area contributed by atoms with Crippen molar-refractivity contribution in [2.24, 2.45) is 0 Å². The second-order valence-corrected chi connectivity index (χ2v) is 4.28. The average Bonchev–Trinajstić information content (AvgIpc) is 2.40. The highest BCUT2D eigenvalue weighted by molar-refractivity contribution is 5.54. The second kappa shape index (κ2) is 5.33. The Morgan fingerprint density at radius 1 is 1.17 bits per heavy atom. The van der Waals surface area contributed by atoms with Gasteiger partial charge in [0.25, 0.3) is 0 Å². The average molecular weight is 237 g/mol. The molecule has 0 fully saturated rings. The number of anilines is 1. The number of hydrogen-bond acceptors (Lipinski definition) is 3. The van der Waals surface area contributed by atoms with Crippen LogP contribution >= 0.6 is 0 Å². The largest absolute Gasteiger partial charge is 0.354 e. The van der Waals surface area contributed by atoms with Crippen molar-refractivity contribution in [3.8, 4) is 6.07 Å².